The monoisotopic (exact) mass is 319 g/mol. The first-order valence-corrected chi connectivity index (χ1v) is 7.94. The number of hydrogen-bond donors (Lipinski definition) is 1. The summed E-state index contributed by atoms with van der Waals surface area (Å²) >= 11 is 1.08. The highest BCUT2D eigenvalue weighted by Crippen LogP contribution is 2.22. The zero-order chi connectivity index (χ0) is 16.1. The van der Waals surface area contributed by atoms with E-state index < -0.39 is 5.97 Å². The molecule has 1 heterocycles. The summed E-state index contributed by atoms with van der Waals surface area (Å²) in [6, 6.07) is 8.03. The molecule has 0 saturated heterocycles. The van der Waals surface area contributed by atoms with Crippen LogP contribution >= 0.6 is 11.3 Å². The van der Waals surface area contributed by atoms with Crippen molar-refractivity contribution in [3.05, 3.63) is 40.4 Å². The molecule has 1 aromatic heterocycles. The second-order valence-electron chi connectivity index (χ2n) is 5.22. The standard InChI is InChI=1S/C16H20N2O3S/c1-10(2)12-4-6-13(7-5-12)21-9-8-17-16-18-11(3)14(22-16)15(19)20/h4-7,10H,8-9H2,1-3H3,(H,17,18)(H,19,20)/p-1. The van der Waals surface area contributed by atoms with Gasteiger partial charge in [0.05, 0.1) is 23.1 Å². The number of benzene rings is 1. The maximum atomic E-state index is 10.8. The molecule has 0 saturated carbocycles. The van der Waals surface area contributed by atoms with Gasteiger partial charge in [-0.15, -0.1) is 0 Å². The van der Waals surface area contributed by atoms with Gasteiger partial charge in [-0.25, -0.2) is 4.98 Å². The molecule has 2 rings (SSSR count). The number of nitrogens with one attached hydrogen (secondary N) is 1. The molecule has 0 radical (unpaired) electrons. The summed E-state index contributed by atoms with van der Waals surface area (Å²) < 4.78 is 5.63. The van der Waals surface area contributed by atoms with E-state index in [1.807, 2.05) is 12.1 Å². The van der Waals surface area contributed by atoms with Crippen LogP contribution < -0.4 is 15.2 Å². The van der Waals surface area contributed by atoms with Gasteiger partial charge in [0.2, 0.25) is 0 Å². The van der Waals surface area contributed by atoms with Crippen LogP contribution in [0.15, 0.2) is 24.3 Å². The van der Waals surface area contributed by atoms with Gasteiger partial charge < -0.3 is 20.0 Å². The Balaban J connectivity index is 1.79. The Hall–Kier alpha value is -2.08. The van der Waals surface area contributed by atoms with E-state index in [1.165, 1.54) is 5.56 Å². The van der Waals surface area contributed by atoms with E-state index in [4.69, 9.17) is 4.74 Å². The highest BCUT2D eigenvalue weighted by atomic mass is 32.1. The summed E-state index contributed by atoms with van der Waals surface area (Å²) in [5.41, 5.74) is 1.75. The summed E-state index contributed by atoms with van der Waals surface area (Å²) in [5, 5.41) is 14.4. The highest BCUT2D eigenvalue weighted by Gasteiger charge is 2.07. The number of carboxylic acids is 1. The first-order chi connectivity index (χ1) is 10.5. The van der Waals surface area contributed by atoms with Crippen LogP contribution in [0.4, 0.5) is 5.13 Å². The van der Waals surface area contributed by atoms with Gasteiger partial charge in [0.1, 0.15) is 12.4 Å². The number of anilines is 1. The van der Waals surface area contributed by atoms with E-state index in [-0.39, 0.29) is 4.88 Å². The third-order valence-corrected chi connectivity index (χ3v) is 4.27. The summed E-state index contributed by atoms with van der Waals surface area (Å²) in [6.45, 7) is 6.97. The minimum absolute atomic E-state index is 0.160. The maximum Gasteiger partial charge on any atom is 0.183 e. The summed E-state index contributed by atoms with van der Waals surface area (Å²) in [7, 11) is 0. The minimum Gasteiger partial charge on any atom is -0.544 e. The Labute approximate surface area is 134 Å². The fraction of sp³-hybridized carbons (Fsp3) is 0.375. The smallest absolute Gasteiger partial charge is 0.183 e. The van der Waals surface area contributed by atoms with Crippen molar-refractivity contribution >= 4 is 22.4 Å². The SMILES string of the molecule is Cc1nc(NCCOc2ccc(C(C)C)cc2)sc1C(=O)[O-]. The van der Waals surface area contributed by atoms with Gasteiger partial charge in [-0.2, -0.15) is 0 Å². The zero-order valence-corrected chi connectivity index (χ0v) is 13.7. The molecule has 0 fully saturated rings. The number of aryl methyl sites for hydroxylation is 1. The number of aromatic carboxylic acids is 1. The lowest BCUT2D eigenvalue weighted by Crippen LogP contribution is -2.21. The lowest BCUT2D eigenvalue weighted by molar-refractivity contribution is -0.254. The van der Waals surface area contributed by atoms with Crippen LogP contribution in [0.5, 0.6) is 5.75 Å². The molecule has 0 amide bonds. The van der Waals surface area contributed by atoms with Crippen molar-refractivity contribution in [1.82, 2.24) is 4.98 Å². The zero-order valence-electron chi connectivity index (χ0n) is 12.9. The number of rotatable bonds is 7. The largest absolute Gasteiger partial charge is 0.544 e. The molecule has 1 N–H and O–H groups in total. The predicted octanol–water partition coefficient (Wildman–Crippen LogP) is 2.43. The van der Waals surface area contributed by atoms with E-state index in [0.29, 0.717) is 29.9 Å². The van der Waals surface area contributed by atoms with Crippen molar-refractivity contribution in [3.8, 4) is 5.75 Å². The molecule has 5 nitrogen and oxygen atoms in total. The molecule has 22 heavy (non-hydrogen) atoms. The van der Waals surface area contributed by atoms with E-state index in [0.717, 1.165) is 17.1 Å². The van der Waals surface area contributed by atoms with Gasteiger partial charge in [-0.3, -0.25) is 0 Å². The Morgan fingerprint density at radius 2 is 2.05 bits per heavy atom. The normalized spacial score (nSPS) is 10.7. The molecule has 0 aliphatic heterocycles. The predicted molar refractivity (Wildman–Crippen MR) is 85.7 cm³/mol. The Bertz CT molecular complexity index is 635. The van der Waals surface area contributed by atoms with Crippen LogP contribution in [0, 0.1) is 6.92 Å². The van der Waals surface area contributed by atoms with Crippen molar-refractivity contribution in [1.29, 1.82) is 0 Å². The average Bonchev–Trinajstić information content (AvgIpc) is 2.85. The molecule has 6 heteroatoms. The van der Waals surface area contributed by atoms with Crippen molar-refractivity contribution in [2.45, 2.75) is 26.7 Å². The van der Waals surface area contributed by atoms with Gasteiger partial charge in [0.15, 0.2) is 5.13 Å². The second-order valence-corrected chi connectivity index (χ2v) is 6.22. The maximum absolute atomic E-state index is 10.8. The van der Waals surface area contributed by atoms with Gasteiger partial charge in [0, 0.05) is 0 Å². The molecule has 0 unspecified atom stereocenters. The molecule has 0 aliphatic carbocycles. The van der Waals surface area contributed by atoms with E-state index in [9.17, 15) is 9.90 Å². The molecule has 118 valence electrons. The second kappa shape index (κ2) is 7.26. The molecule has 2 aromatic rings. The molecular weight excluding hydrogens is 300 g/mol. The fourth-order valence-electron chi connectivity index (χ4n) is 1.94. The number of thiazole rings is 1. The quantitative estimate of drug-likeness (QED) is 0.793. The third-order valence-electron chi connectivity index (χ3n) is 3.18. The highest BCUT2D eigenvalue weighted by molar-refractivity contribution is 7.17. The average molecular weight is 319 g/mol. The fourth-order valence-corrected chi connectivity index (χ4v) is 2.76. The van der Waals surface area contributed by atoms with E-state index >= 15 is 0 Å². The number of carboxylic acid groups (broad SMARTS) is 1. The number of nitrogens with zero attached hydrogens (tertiary/aromatic N) is 1. The Morgan fingerprint density at radius 1 is 1.36 bits per heavy atom. The number of carbonyl (C=O) groups is 1. The lowest BCUT2D eigenvalue weighted by Gasteiger charge is -2.09. The number of hydrogen-bond acceptors (Lipinski definition) is 6. The summed E-state index contributed by atoms with van der Waals surface area (Å²) in [5.74, 6) is 0.128. The van der Waals surface area contributed by atoms with Crippen molar-refractivity contribution in [2.75, 3.05) is 18.5 Å². The molecule has 0 bridgehead atoms. The molecular formula is C16H19N2O3S-. The van der Waals surface area contributed by atoms with Gasteiger partial charge in [0.25, 0.3) is 0 Å². The minimum atomic E-state index is -1.19. The van der Waals surface area contributed by atoms with Crippen molar-refractivity contribution in [2.24, 2.45) is 0 Å². The summed E-state index contributed by atoms with van der Waals surface area (Å²) in [6.07, 6.45) is 0. The van der Waals surface area contributed by atoms with Crippen LogP contribution in [0.2, 0.25) is 0 Å². The van der Waals surface area contributed by atoms with Gasteiger partial charge >= 0.3 is 0 Å². The van der Waals surface area contributed by atoms with E-state index in [2.05, 4.69) is 36.3 Å². The molecule has 0 aliphatic rings. The topological polar surface area (TPSA) is 74.3 Å². The third kappa shape index (κ3) is 4.21. The molecule has 1 aromatic carbocycles. The lowest BCUT2D eigenvalue weighted by atomic mass is 10.0. The molecule has 0 atom stereocenters. The van der Waals surface area contributed by atoms with Crippen molar-refractivity contribution < 1.29 is 14.6 Å². The number of aromatic nitrogens is 1. The van der Waals surface area contributed by atoms with Gasteiger partial charge in [-0.1, -0.05) is 37.3 Å². The Morgan fingerprint density at radius 3 is 2.59 bits per heavy atom. The van der Waals surface area contributed by atoms with E-state index in [1.54, 1.807) is 6.92 Å². The van der Waals surface area contributed by atoms with Crippen LogP contribution in [-0.2, 0) is 0 Å². The first-order valence-electron chi connectivity index (χ1n) is 7.12. The van der Waals surface area contributed by atoms with Gasteiger partial charge in [-0.05, 0) is 30.5 Å². The Kier molecular flexibility index (Phi) is 5.38. The van der Waals surface area contributed by atoms with Crippen LogP contribution in [-0.4, -0.2) is 24.1 Å². The first kappa shape index (κ1) is 16.3. The number of ether oxygens (including phenoxy) is 1. The van der Waals surface area contributed by atoms with Crippen LogP contribution in [0.25, 0.3) is 0 Å². The summed E-state index contributed by atoms with van der Waals surface area (Å²) in [4.78, 5) is 15.1. The van der Waals surface area contributed by atoms with Crippen LogP contribution in [0.1, 0.15) is 40.7 Å². The molecule has 0 spiro atoms. The number of carbonyl (C=O) groups excluding carboxylic acids is 1. The van der Waals surface area contributed by atoms with Crippen LogP contribution in [0.3, 0.4) is 0 Å². The van der Waals surface area contributed by atoms with Crippen molar-refractivity contribution in [3.63, 3.8) is 0 Å².